The van der Waals surface area contributed by atoms with Crippen LogP contribution in [0.1, 0.15) is 12.8 Å². The van der Waals surface area contributed by atoms with Crippen molar-refractivity contribution in [1.29, 1.82) is 0 Å². The molecule has 2 heterocycles. The maximum Gasteiger partial charge on any atom is 0.315 e. The van der Waals surface area contributed by atoms with Crippen molar-refractivity contribution in [2.24, 2.45) is 0 Å². The number of fused-ring (bicyclic) bond motifs is 1. The van der Waals surface area contributed by atoms with Crippen molar-refractivity contribution in [2.45, 2.75) is 18.9 Å². The van der Waals surface area contributed by atoms with E-state index in [0.717, 1.165) is 0 Å². The smallest absolute Gasteiger partial charge is 0.315 e. The quantitative estimate of drug-likeness (QED) is 0.671. The fourth-order valence-corrected chi connectivity index (χ4v) is 4.45. The lowest BCUT2D eigenvalue weighted by molar-refractivity contribution is -0.116. The fraction of sp³-hybridized carbons (Fsp3) is 0.500. The normalized spacial score (nSPS) is 20.2. The van der Waals surface area contributed by atoms with Gasteiger partial charge in [0, 0.05) is 30.8 Å². The summed E-state index contributed by atoms with van der Waals surface area (Å²) in [4.78, 5) is 23.7. The number of carbonyl (C=O) groups excluding carboxylic acids is 2. The molecule has 0 saturated carbocycles. The summed E-state index contributed by atoms with van der Waals surface area (Å²) >= 11 is 0. The van der Waals surface area contributed by atoms with Crippen molar-refractivity contribution in [3.8, 4) is 11.5 Å². The van der Waals surface area contributed by atoms with E-state index < -0.39 is 15.9 Å². The average molecular weight is 383 g/mol. The fourth-order valence-electron chi connectivity index (χ4n) is 2.78. The Morgan fingerprint density at radius 1 is 1.15 bits per heavy atom. The second-order valence-electron chi connectivity index (χ2n) is 6.16. The number of carbonyl (C=O) groups is 2. The van der Waals surface area contributed by atoms with Gasteiger partial charge in [0.05, 0.1) is 11.5 Å². The third-order valence-electron chi connectivity index (χ3n) is 4.03. The van der Waals surface area contributed by atoms with Gasteiger partial charge in [-0.2, -0.15) is 0 Å². The van der Waals surface area contributed by atoms with Gasteiger partial charge in [0.15, 0.2) is 21.3 Å². The Balaban J connectivity index is 1.38. The van der Waals surface area contributed by atoms with Gasteiger partial charge < -0.3 is 25.4 Å². The van der Waals surface area contributed by atoms with Gasteiger partial charge in [0.1, 0.15) is 13.2 Å². The van der Waals surface area contributed by atoms with Crippen LogP contribution < -0.4 is 25.4 Å². The SMILES string of the molecule is O=C(CCNC(=O)N[C@H]1CCS(=O)(=O)C1)Nc1ccc2c(c1)OCCO2. The highest BCUT2D eigenvalue weighted by Gasteiger charge is 2.28. The number of rotatable bonds is 5. The first-order chi connectivity index (χ1) is 12.4. The van der Waals surface area contributed by atoms with E-state index in [4.69, 9.17) is 9.47 Å². The molecule has 0 aromatic heterocycles. The summed E-state index contributed by atoms with van der Waals surface area (Å²) in [6.07, 6.45) is 0.505. The van der Waals surface area contributed by atoms with Gasteiger partial charge in [-0.15, -0.1) is 0 Å². The molecule has 1 aromatic carbocycles. The van der Waals surface area contributed by atoms with E-state index in [9.17, 15) is 18.0 Å². The lowest BCUT2D eigenvalue weighted by Gasteiger charge is -2.19. The number of nitrogens with one attached hydrogen (secondary N) is 3. The van der Waals surface area contributed by atoms with E-state index in [1.807, 2.05) is 0 Å². The summed E-state index contributed by atoms with van der Waals surface area (Å²) in [7, 11) is -3.04. The molecule has 3 amide bonds. The lowest BCUT2D eigenvalue weighted by Crippen LogP contribution is -2.43. The van der Waals surface area contributed by atoms with Crippen LogP contribution in [0.15, 0.2) is 18.2 Å². The van der Waals surface area contributed by atoms with Crippen LogP contribution in [0.25, 0.3) is 0 Å². The average Bonchev–Trinajstić information content (AvgIpc) is 2.93. The molecule has 1 saturated heterocycles. The summed E-state index contributed by atoms with van der Waals surface area (Å²) in [5, 5.41) is 7.88. The number of urea groups is 1. The number of anilines is 1. The molecule has 1 aromatic rings. The van der Waals surface area contributed by atoms with Gasteiger partial charge in [-0.1, -0.05) is 0 Å². The third-order valence-corrected chi connectivity index (χ3v) is 5.80. The summed E-state index contributed by atoms with van der Waals surface area (Å²) < 4.78 is 33.6. The van der Waals surface area contributed by atoms with Gasteiger partial charge in [0.2, 0.25) is 5.91 Å². The van der Waals surface area contributed by atoms with E-state index in [2.05, 4.69) is 16.0 Å². The van der Waals surface area contributed by atoms with Gasteiger partial charge >= 0.3 is 6.03 Å². The predicted molar refractivity (Wildman–Crippen MR) is 94.3 cm³/mol. The van der Waals surface area contributed by atoms with Gasteiger partial charge in [-0.25, -0.2) is 13.2 Å². The molecule has 1 atom stereocenters. The van der Waals surface area contributed by atoms with E-state index in [1.165, 1.54) is 0 Å². The molecule has 1 fully saturated rings. The van der Waals surface area contributed by atoms with E-state index in [1.54, 1.807) is 18.2 Å². The first-order valence-corrected chi connectivity index (χ1v) is 10.2. The van der Waals surface area contributed by atoms with Crippen molar-refractivity contribution in [3.05, 3.63) is 18.2 Å². The van der Waals surface area contributed by atoms with Gasteiger partial charge in [-0.3, -0.25) is 4.79 Å². The molecular weight excluding hydrogens is 362 g/mol. The maximum absolute atomic E-state index is 12.0. The van der Waals surface area contributed by atoms with Crippen LogP contribution in [-0.2, 0) is 14.6 Å². The van der Waals surface area contributed by atoms with Crippen molar-refractivity contribution in [2.75, 3.05) is 36.6 Å². The second kappa shape index (κ2) is 7.81. The van der Waals surface area contributed by atoms with E-state index in [0.29, 0.717) is 36.8 Å². The molecule has 26 heavy (non-hydrogen) atoms. The lowest BCUT2D eigenvalue weighted by atomic mass is 10.2. The van der Waals surface area contributed by atoms with Gasteiger partial charge in [0.25, 0.3) is 0 Å². The van der Waals surface area contributed by atoms with Crippen molar-refractivity contribution in [1.82, 2.24) is 10.6 Å². The standard InChI is InChI=1S/C16H21N3O6S/c20-15(18-11-1-2-13-14(9-11)25-7-6-24-13)3-5-17-16(21)19-12-4-8-26(22,23)10-12/h1-2,9,12H,3-8,10H2,(H,18,20)(H2,17,19,21)/t12-/m0/s1. The number of ether oxygens (including phenoxy) is 2. The number of hydrogen-bond donors (Lipinski definition) is 3. The Labute approximate surface area is 151 Å². The van der Waals surface area contributed by atoms with E-state index in [-0.39, 0.29) is 36.4 Å². The molecule has 0 bridgehead atoms. The molecule has 10 heteroatoms. The van der Waals surface area contributed by atoms with Crippen LogP contribution in [0.5, 0.6) is 11.5 Å². The molecule has 0 spiro atoms. The molecule has 2 aliphatic rings. The Morgan fingerprint density at radius 2 is 1.92 bits per heavy atom. The number of sulfone groups is 1. The highest BCUT2D eigenvalue weighted by molar-refractivity contribution is 7.91. The second-order valence-corrected chi connectivity index (χ2v) is 8.39. The van der Waals surface area contributed by atoms with Crippen LogP contribution in [0, 0.1) is 0 Å². The predicted octanol–water partition coefficient (Wildman–Crippen LogP) is 0.273. The monoisotopic (exact) mass is 383 g/mol. The van der Waals surface area contributed by atoms with Crippen LogP contribution in [0.4, 0.5) is 10.5 Å². The first-order valence-electron chi connectivity index (χ1n) is 8.35. The Kier molecular flexibility index (Phi) is 5.50. The number of benzene rings is 1. The third kappa shape index (κ3) is 5.01. The minimum Gasteiger partial charge on any atom is -0.486 e. The molecule has 9 nitrogen and oxygen atoms in total. The number of amides is 3. The Bertz CT molecular complexity index is 795. The molecule has 0 unspecified atom stereocenters. The molecule has 3 N–H and O–H groups in total. The zero-order valence-corrected chi connectivity index (χ0v) is 14.9. The van der Waals surface area contributed by atoms with Crippen LogP contribution >= 0.6 is 0 Å². The molecule has 2 aliphatic heterocycles. The molecular formula is C16H21N3O6S. The first kappa shape index (κ1) is 18.3. The zero-order chi connectivity index (χ0) is 18.6. The van der Waals surface area contributed by atoms with Gasteiger partial charge in [-0.05, 0) is 18.6 Å². The van der Waals surface area contributed by atoms with Crippen molar-refractivity contribution >= 4 is 27.5 Å². The summed E-state index contributed by atoms with van der Waals surface area (Å²) in [6, 6.07) is 4.29. The summed E-state index contributed by atoms with van der Waals surface area (Å²) in [5.41, 5.74) is 0.583. The van der Waals surface area contributed by atoms with Crippen LogP contribution in [0.3, 0.4) is 0 Å². The Hall–Kier alpha value is -2.49. The van der Waals surface area contributed by atoms with Crippen LogP contribution in [0.2, 0.25) is 0 Å². The van der Waals surface area contributed by atoms with Crippen molar-refractivity contribution in [3.63, 3.8) is 0 Å². The number of hydrogen-bond acceptors (Lipinski definition) is 6. The minimum absolute atomic E-state index is 0.0367. The topological polar surface area (TPSA) is 123 Å². The van der Waals surface area contributed by atoms with Crippen molar-refractivity contribution < 1.29 is 27.5 Å². The molecule has 142 valence electrons. The summed E-state index contributed by atoms with van der Waals surface area (Å²) in [5.74, 6) is 1.02. The Morgan fingerprint density at radius 3 is 2.65 bits per heavy atom. The summed E-state index contributed by atoms with van der Waals surface area (Å²) in [6.45, 7) is 1.10. The molecule has 3 rings (SSSR count). The van der Waals surface area contributed by atoms with E-state index >= 15 is 0 Å². The maximum atomic E-state index is 12.0. The van der Waals surface area contributed by atoms with Crippen LogP contribution in [-0.4, -0.2) is 57.7 Å². The zero-order valence-electron chi connectivity index (χ0n) is 14.1. The largest absolute Gasteiger partial charge is 0.486 e. The highest BCUT2D eigenvalue weighted by Crippen LogP contribution is 2.32. The molecule has 0 radical (unpaired) electrons. The molecule has 0 aliphatic carbocycles. The highest BCUT2D eigenvalue weighted by atomic mass is 32.2. The minimum atomic E-state index is -3.04.